The van der Waals surface area contributed by atoms with Crippen LogP contribution in [0, 0.1) is 19.8 Å². The van der Waals surface area contributed by atoms with E-state index in [1.54, 1.807) is 0 Å². The van der Waals surface area contributed by atoms with Crippen LogP contribution >= 0.6 is 0 Å². The highest BCUT2D eigenvalue weighted by Crippen LogP contribution is 2.36. The third kappa shape index (κ3) is 1.54. The third-order valence-corrected chi connectivity index (χ3v) is 3.21. The first-order chi connectivity index (χ1) is 7.52. The lowest BCUT2D eigenvalue weighted by atomic mass is 9.93. The van der Waals surface area contributed by atoms with Gasteiger partial charge in [0.25, 0.3) is 0 Å². The van der Waals surface area contributed by atoms with Crippen LogP contribution in [-0.4, -0.2) is 10.9 Å². The molecule has 2 rings (SSSR count). The van der Waals surface area contributed by atoms with Crippen LogP contribution in [0.15, 0.2) is 24.0 Å². The molecule has 1 aromatic carbocycles. The second-order valence-corrected chi connectivity index (χ2v) is 4.56. The van der Waals surface area contributed by atoms with Crippen LogP contribution in [0.25, 0.3) is 5.57 Å². The number of hydrogen-bond donors (Lipinski definition) is 1. The van der Waals surface area contributed by atoms with E-state index in [-0.39, 0.29) is 17.5 Å². The molecule has 2 heteroatoms. The Hall–Kier alpha value is -1.57. The summed E-state index contributed by atoms with van der Waals surface area (Å²) in [6, 6.07) is 5.91. The molecule has 1 N–H and O–H groups in total. The van der Waals surface area contributed by atoms with E-state index in [0.29, 0.717) is 12.0 Å². The number of rotatable bonds is 1. The number of carbonyl (C=O) groups excluding carboxylic acids is 1. The molecule has 0 amide bonds. The number of carbonyl (C=O) groups is 1. The highest BCUT2D eigenvalue weighted by molar-refractivity contribution is 6.24. The Bertz CT molecular complexity index is 463. The Morgan fingerprint density at radius 2 is 1.81 bits per heavy atom. The Morgan fingerprint density at radius 1 is 1.25 bits per heavy atom. The number of hydrogen-bond acceptors (Lipinski definition) is 2. The summed E-state index contributed by atoms with van der Waals surface area (Å²) >= 11 is 0. The molecule has 0 saturated heterocycles. The first-order valence-corrected chi connectivity index (χ1v) is 5.55. The fourth-order valence-corrected chi connectivity index (χ4v) is 2.35. The normalized spacial score (nSPS) is 20.7. The van der Waals surface area contributed by atoms with Gasteiger partial charge in [0.15, 0.2) is 5.78 Å². The minimum atomic E-state index is -0.0889. The predicted octanol–water partition coefficient (Wildman–Crippen LogP) is 3.18. The predicted molar refractivity (Wildman–Crippen MR) is 64.3 cm³/mol. The molecule has 0 aromatic heterocycles. The van der Waals surface area contributed by atoms with Gasteiger partial charge >= 0.3 is 0 Å². The number of ketones is 1. The van der Waals surface area contributed by atoms with Crippen molar-refractivity contribution in [2.45, 2.75) is 27.2 Å². The number of benzene rings is 1. The lowest BCUT2D eigenvalue weighted by Crippen LogP contribution is -2.07. The van der Waals surface area contributed by atoms with E-state index in [0.717, 1.165) is 16.7 Å². The molecule has 0 heterocycles. The van der Waals surface area contributed by atoms with Crippen molar-refractivity contribution in [3.63, 3.8) is 0 Å². The van der Waals surface area contributed by atoms with E-state index in [9.17, 15) is 9.90 Å². The van der Waals surface area contributed by atoms with Gasteiger partial charge in [0.1, 0.15) is 5.76 Å². The summed E-state index contributed by atoms with van der Waals surface area (Å²) < 4.78 is 0. The lowest BCUT2D eigenvalue weighted by molar-refractivity contribution is -0.116. The van der Waals surface area contributed by atoms with E-state index in [2.05, 4.69) is 0 Å². The molecule has 0 radical (unpaired) electrons. The molecule has 1 aliphatic carbocycles. The largest absolute Gasteiger partial charge is 0.512 e. The quantitative estimate of drug-likeness (QED) is 0.782. The Balaban J connectivity index is 2.62. The van der Waals surface area contributed by atoms with Gasteiger partial charge in [0, 0.05) is 12.3 Å². The van der Waals surface area contributed by atoms with Crippen molar-refractivity contribution >= 4 is 11.4 Å². The van der Waals surface area contributed by atoms with Crippen molar-refractivity contribution in [3.05, 3.63) is 40.6 Å². The second-order valence-electron chi connectivity index (χ2n) is 4.56. The Morgan fingerprint density at radius 3 is 2.25 bits per heavy atom. The first-order valence-electron chi connectivity index (χ1n) is 5.55. The zero-order valence-electron chi connectivity index (χ0n) is 9.87. The van der Waals surface area contributed by atoms with Crippen LogP contribution in [0.5, 0.6) is 0 Å². The van der Waals surface area contributed by atoms with Gasteiger partial charge in [0.05, 0.1) is 5.57 Å². The van der Waals surface area contributed by atoms with Crippen molar-refractivity contribution < 1.29 is 9.90 Å². The molecule has 0 saturated carbocycles. The van der Waals surface area contributed by atoms with Crippen LogP contribution in [0.4, 0.5) is 0 Å². The standard InChI is InChI=1S/C14H16O2/c1-8-5-4-6-9(2)12(8)13-11(15)7-10(3)14(13)16/h4-6,10,15H,7H2,1-3H3. The molecule has 0 bridgehead atoms. The van der Waals surface area contributed by atoms with Gasteiger partial charge in [-0.1, -0.05) is 25.1 Å². The number of aliphatic hydroxyl groups is 1. The van der Waals surface area contributed by atoms with Crippen molar-refractivity contribution in [3.8, 4) is 0 Å². The van der Waals surface area contributed by atoms with Gasteiger partial charge < -0.3 is 5.11 Å². The zero-order chi connectivity index (χ0) is 11.9. The number of aryl methyl sites for hydroxylation is 2. The molecular formula is C14H16O2. The Labute approximate surface area is 95.6 Å². The highest BCUT2D eigenvalue weighted by Gasteiger charge is 2.32. The summed E-state index contributed by atoms with van der Waals surface area (Å²) in [4.78, 5) is 12.0. The van der Waals surface area contributed by atoms with Crippen molar-refractivity contribution in [1.29, 1.82) is 0 Å². The molecular weight excluding hydrogens is 200 g/mol. The van der Waals surface area contributed by atoms with E-state index < -0.39 is 0 Å². The van der Waals surface area contributed by atoms with Crippen molar-refractivity contribution in [2.24, 2.45) is 5.92 Å². The smallest absolute Gasteiger partial charge is 0.170 e. The van der Waals surface area contributed by atoms with Gasteiger partial charge in [-0.15, -0.1) is 0 Å². The molecule has 1 aliphatic rings. The fourth-order valence-electron chi connectivity index (χ4n) is 2.35. The number of allylic oxidation sites excluding steroid dienone is 2. The van der Waals surface area contributed by atoms with Crippen LogP contribution in [-0.2, 0) is 4.79 Å². The molecule has 1 unspecified atom stereocenters. The summed E-state index contributed by atoms with van der Waals surface area (Å²) in [6.07, 6.45) is 0.474. The van der Waals surface area contributed by atoms with Crippen LogP contribution in [0.3, 0.4) is 0 Å². The highest BCUT2D eigenvalue weighted by atomic mass is 16.3. The second kappa shape index (κ2) is 3.78. The lowest BCUT2D eigenvalue weighted by Gasteiger charge is -2.10. The Kier molecular flexibility index (Phi) is 2.58. The number of aliphatic hydroxyl groups excluding tert-OH is 1. The molecule has 16 heavy (non-hydrogen) atoms. The van der Waals surface area contributed by atoms with Gasteiger partial charge in [-0.3, -0.25) is 4.79 Å². The third-order valence-electron chi connectivity index (χ3n) is 3.21. The van der Waals surface area contributed by atoms with Crippen molar-refractivity contribution in [2.75, 3.05) is 0 Å². The summed E-state index contributed by atoms with van der Waals surface area (Å²) in [5.74, 6) is 0.221. The zero-order valence-corrected chi connectivity index (χ0v) is 9.87. The first kappa shape index (κ1) is 10.9. The minimum Gasteiger partial charge on any atom is -0.512 e. The minimum absolute atomic E-state index is 0.0647. The summed E-state index contributed by atoms with van der Waals surface area (Å²) in [6.45, 7) is 5.80. The molecule has 1 atom stereocenters. The summed E-state index contributed by atoms with van der Waals surface area (Å²) in [5.41, 5.74) is 3.53. The number of Topliss-reactive ketones (excluding diaryl/α,β-unsaturated/α-hetero) is 1. The summed E-state index contributed by atoms with van der Waals surface area (Å²) in [5, 5.41) is 9.89. The van der Waals surface area contributed by atoms with E-state index in [4.69, 9.17) is 0 Å². The molecule has 0 spiro atoms. The molecule has 1 aromatic rings. The molecule has 0 fully saturated rings. The topological polar surface area (TPSA) is 37.3 Å². The van der Waals surface area contributed by atoms with Crippen LogP contribution < -0.4 is 0 Å². The van der Waals surface area contributed by atoms with E-state index in [1.807, 2.05) is 39.0 Å². The maximum absolute atomic E-state index is 12.0. The molecule has 2 nitrogen and oxygen atoms in total. The average Bonchev–Trinajstić information content (AvgIpc) is 2.44. The fraction of sp³-hybridized carbons (Fsp3) is 0.357. The molecule has 0 aliphatic heterocycles. The SMILES string of the molecule is Cc1cccc(C)c1C1=C(O)CC(C)C1=O. The van der Waals surface area contributed by atoms with Gasteiger partial charge in [0.2, 0.25) is 0 Å². The monoisotopic (exact) mass is 216 g/mol. The van der Waals surface area contributed by atoms with Gasteiger partial charge in [-0.05, 0) is 30.5 Å². The maximum Gasteiger partial charge on any atom is 0.170 e. The van der Waals surface area contributed by atoms with Crippen molar-refractivity contribution in [1.82, 2.24) is 0 Å². The van der Waals surface area contributed by atoms with Crippen LogP contribution in [0.2, 0.25) is 0 Å². The van der Waals surface area contributed by atoms with Crippen LogP contribution in [0.1, 0.15) is 30.0 Å². The maximum atomic E-state index is 12.0. The summed E-state index contributed by atoms with van der Waals surface area (Å²) in [7, 11) is 0. The van der Waals surface area contributed by atoms with E-state index >= 15 is 0 Å². The molecule has 84 valence electrons. The van der Waals surface area contributed by atoms with E-state index in [1.165, 1.54) is 0 Å². The van der Waals surface area contributed by atoms with Gasteiger partial charge in [-0.2, -0.15) is 0 Å². The van der Waals surface area contributed by atoms with Gasteiger partial charge in [-0.25, -0.2) is 0 Å². The average molecular weight is 216 g/mol.